The molecule has 2 amide bonds. The van der Waals surface area contributed by atoms with Gasteiger partial charge < -0.3 is 10.6 Å². The van der Waals surface area contributed by atoms with E-state index in [1.165, 1.54) is 0 Å². The zero-order chi connectivity index (χ0) is 23.4. The summed E-state index contributed by atoms with van der Waals surface area (Å²) in [6.07, 6.45) is 4.95. The van der Waals surface area contributed by atoms with Gasteiger partial charge in [0.2, 0.25) is 0 Å². The molecule has 0 fully saturated rings. The molecular formula is C26H23N5O2. The number of carbonyl (C=O) groups excluding carboxylic acids is 2. The van der Waals surface area contributed by atoms with Gasteiger partial charge in [-0.1, -0.05) is 6.07 Å². The average Bonchev–Trinajstić information content (AvgIpc) is 2.85. The van der Waals surface area contributed by atoms with E-state index in [9.17, 15) is 9.59 Å². The Bertz CT molecular complexity index is 1350. The third-order valence-electron chi connectivity index (χ3n) is 5.24. The second-order valence-electron chi connectivity index (χ2n) is 7.61. The Morgan fingerprint density at radius 1 is 0.758 bits per heavy atom. The molecule has 0 saturated heterocycles. The Balaban J connectivity index is 1.65. The van der Waals surface area contributed by atoms with Gasteiger partial charge in [-0.25, -0.2) is 0 Å². The topological polar surface area (TPSA) is 96.9 Å². The summed E-state index contributed by atoms with van der Waals surface area (Å²) >= 11 is 0. The van der Waals surface area contributed by atoms with Crippen molar-refractivity contribution in [3.63, 3.8) is 0 Å². The SMILES string of the molecule is CNC(=O)c1cc(-c2cc(-c3cc(NC(=O)c4ccnc(C)c4)ccc3C)ccn2)ccn1. The summed E-state index contributed by atoms with van der Waals surface area (Å²) in [6.45, 7) is 3.87. The van der Waals surface area contributed by atoms with E-state index in [0.29, 0.717) is 16.9 Å². The van der Waals surface area contributed by atoms with Crippen molar-refractivity contribution >= 4 is 17.5 Å². The van der Waals surface area contributed by atoms with Crippen LogP contribution < -0.4 is 10.6 Å². The highest BCUT2D eigenvalue weighted by Crippen LogP contribution is 2.29. The molecule has 1 aromatic carbocycles. The van der Waals surface area contributed by atoms with Gasteiger partial charge in [-0.05, 0) is 79.1 Å². The summed E-state index contributed by atoms with van der Waals surface area (Å²) in [5.41, 5.74) is 6.86. The van der Waals surface area contributed by atoms with E-state index in [0.717, 1.165) is 33.6 Å². The van der Waals surface area contributed by atoms with Gasteiger partial charge >= 0.3 is 0 Å². The van der Waals surface area contributed by atoms with Crippen LogP contribution in [-0.4, -0.2) is 33.8 Å². The number of aromatic nitrogens is 3. The lowest BCUT2D eigenvalue weighted by atomic mass is 9.98. The predicted molar refractivity (Wildman–Crippen MR) is 128 cm³/mol. The van der Waals surface area contributed by atoms with Crippen LogP contribution in [0.1, 0.15) is 32.1 Å². The van der Waals surface area contributed by atoms with Gasteiger partial charge in [0.05, 0.1) is 5.69 Å². The van der Waals surface area contributed by atoms with Crippen LogP contribution >= 0.6 is 0 Å². The van der Waals surface area contributed by atoms with Crippen LogP contribution in [-0.2, 0) is 0 Å². The summed E-state index contributed by atoms with van der Waals surface area (Å²) in [5.74, 6) is -0.444. The number of pyridine rings is 3. The fourth-order valence-electron chi connectivity index (χ4n) is 3.50. The fourth-order valence-corrected chi connectivity index (χ4v) is 3.50. The van der Waals surface area contributed by atoms with Crippen molar-refractivity contribution in [2.24, 2.45) is 0 Å². The normalized spacial score (nSPS) is 10.5. The first kappa shape index (κ1) is 21.8. The molecule has 3 aromatic heterocycles. The van der Waals surface area contributed by atoms with Crippen molar-refractivity contribution in [1.82, 2.24) is 20.3 Å². The summed E-state index contributed by atoms with van der Waals surface area (Å²) in [4.78, 5) is 37.3. The monoisotopic (exact) mass is 437 g/mol. The molecule has 0 unspecified atom stereocenters. The van der Waals surface area contributed by atoms with E-state index < -0.39 is 0 Å². The molecular weight excluding hydrogens is 414 g/mol. The number of amides is 2. The molecule has 4 rings (SSSR count). The fraction of sp³-hybridized carbons (Fsp3) is 0.115. The standard InChI is InChI=1S/C26H23N5O2/c1-16-4-5-21(31-25(32)20-8-9-28-17(2)12-20)15-22(16)18-6-10-29-23(13-18)19-7-11-30-24(14-19)26(33)27-3/h4-15H,1-3H3,(H,27,33)(H,31,32). The molecule has 0 aliphatic carbocycles. The second kappa shape index (κ2) is 9.40. The Hall–Kier alpha value is -4.39. The van der Waals surface area contributed by atoms with Crippen molar-refractivity contribution in [2.75, 3.05) is 12.4 Å². The first-order chi connectivity index (χ1) is 15.9. The first-order valence-electron chi connectivity index (χ1n) is 10.4. The molecule has 0 radical (unpaired) electrons. The maximum atomic E-state index is 12.7. The molecule has 0 atom stereocenters. The van der Waals surface area contributed by atoms with Gasteiger partial charge in [0, 0.05) is 48.1 Å². The molecule has 0 spiro atoms. The quantitative estimate of drug-likeness (QED) is 0.481. The van der Waals surface area contributed by atoms with E-state index >= 15 is 0 Å². The smallest absolute Gasteiger partial charge is 0.269 e. The predicted octanol–water partition coefficient (Wildman–Crippen LogP) is 4.43. The molecule has 0 aliphatic heterocycles. The van der Waals surface area contributed by atoms with Gasteiger partial charge in [0.1, 0.15) is 5.69 Å². The third-order valence-corrected chi connectivity index (χ3v) is 5.24. The number of rotatable bonds is 5. The van der Waals surface area contributed by atoms with Crippen molar-refractivity contribution in [3.8, 4) is 22.4 Å². The zero-order valence-corrected chi connectivity index (χ0v) is 18.6. The summed E-state index contributed by atoms with van der Waals surface area (Å²) in [6, 6.07) is 16.7. The van der Waals surface area contributed by atoms with Gasteiger partial charge in [0.15, 0.2) is 0 Å². The number of anilines is 1. The first-order valence-corrected chi connectivity index (χ1v) is 10.4. The van der Waals surface area contributed by atoms with Crippen molar-refractivity contribution < 1.29 is 9.59 Å². The second-order valence-corrected chi connectivity index (χ2v) is 7.61. The molecule has 164 valence electrons. The number of nitrogens with one attached hydrogen (secondary N) is 2. The lowest BCUT2D eigenvalue weighted by Gasteiger charge is -2.12. The number of carbonyl (C=O) groups is 2. The van der Waals surface area contributed by atoms with Crippen LogP contribution in [0.15, 0.2) is 73.2 Å². The van der Waals surface area contributed by atoms with Gasteiger partial charge in [0.25, 0.3) is 11.8 Å². The van der Waals surface area contributed by atoms with Crippen LogP contribution in [0.3, 0.4) is 0 Å². The van der Waals surface area contributed by atoms with Crippen molar-refractivity contribution in [3.05, 3.63) is 95.7 Å². The Morgan fingerprint density at radius 2 is 1.52 bits per heavy atom. The molecule has 0 aliphatic rings. The molecule has 0 saturated carbocycles. The molecule has 0 bridgehead atoms. The van der Waals surface area contributed by atoms with Crippen LogP contribution in [0.5, 0.6) is 0 Å². The summed E-state index contributed by atoms with van der Waals surface area (Å²) in [5, 5.41) is 5.54. The molecule has 3 heterocycles. The van der Waals surface area contributed by atoms with E-state index in [1.807, 2.05) is 50.2 Å². The number of aryl methyl sites for hydroxylation is 2. The van der Waals surface area contributed by atoms with Crippen LogP contribution in [0.4, 0.5) is 5.69 Å². The summed E-state index contributed by atoms with van der Waals surface area (Å²) < 4.78 is 0. The molecule has 4 aromatic rings. The molecule has 2 N–H and O–H groups in total. The Kier molecular flexibility index (Phi) is 6.22. The van der Waals surface area contributed by atoms with Gasteiger partial charge in [-0.2, -0.15) is 0 Å². The average molecular weight is 438 g/mol. The van der Waals surface area contributed by atoms with Crippen molar-refractivity contribution in [2.45, 2.75) is 13.8 Å². The highest BCUT2D eigenvalue weighted by atomic mass is 16.2. The third kappa shape index (κ3) is 4.93. The van der Waals surface area contributed by atoms with Gasteiger partial charge in [-0.3, -0.25) is 24.5 Å². The minimum absolute atomic E-state index is 0.191. The van der Waals surface area contributed by atoms with E-state index in [1.54, 1.807) is 43.8 Å². The molecule has 7 nitrogen and oxygen atoms in total. The van der Waals surface area contributed by atoms with Crippen LogP contribution in [0, 0.1) is 13.8 Å². The highest BCUT2D eigenvalue weighted by Gasteiger charge is 2.12. The van der Waals surface area contributed by atoms with E-state index in [4.69, 9.17) is 0 Å². The largest absolute Gasteiger partial charge is 0.354 e. The number of nitrogens with zero attached hydrogens (tertiary/aromatic N) is 3. The zero-order valence-electron chi connectivity index (χ0n) is 18.6. The van der Waals surface area contributed by atoms with Gasteiger partial charge in [-0.15, -0.1) is 0 Å². The highest BCUT2D eigenvalue weighted by molar-refractivity contribution is 6.04. The number of benzene rings is 1. The lowest BCUT2D eigenvalue weighted by Crippen LogP contribution is -2.19. The minimum atomic E-state index is -0.253. The molecule has 33 heavy (non-hydrogen) atoms. The number of hydrogen-bond acceptors (Lipinski definition) is 5. The molecule has 7 heteroatoms. The van der Waals surface area contributed by atoms with E-state index in [-0.39, 0.29) is 11.8 Å². The van der Waals surface area contributed by atoms with Crippen LogP contribution in [0.25, 0.3) is 22.4 Å². The lowest BCUT2D eigenvalue weighted by molar-refractivity contribution is 0.0957. The van der Waals surface area contributed by atoms with E-state index in [2.05, 4.69) is 25.6 Å². The maximum absolute atomic E-state index is 12.7. The Labute approximate surface area is 192 Å². The Morgan fingerprint density at radius 3 is 2.30 bits per heavy atom. The maximum Gasteiger partial charge on any atom is 0.269 e. The number of hydrogen-bond donors (Lipinski definition) is 2. The minimum Gasteiger partial charge on any atom is -0.354 e. The summed E-state index contributed by atoms with van der Waals surface area (Å²) in [7, 11) is 1.57. The van der Waals surface area contributed by atoms with Crippen LogP contribution in [0.2, 0.25) is 0 Å². The van der Waals surface area contributed by atoms with Crippen molar-refractivity contribution in [1.29, 1.82) is 0 Å².